The smallest absolute Gasteiger partial charge is 0.197 e. The Hall–Kier alpha value is -0.257. The van der Waals surface area contributed by atoms with Gasteiger partial charge in [-0.25, -0.2) is 0 Å². The summed E-state index contributed by atoms with van der Waals surface area (Å²) >= 11 is 0. The van der Waals surface area contributed by atoms with Crippen molar-refractivity contribution in [3.05, 3.63) is 104 Å². The second-order valence-corrected chi connectivity index (χ2v) is 13.3. The summed E-state index contributed by atoms with van der Waals surface area (Å²) in [5.74, 6) is 0. The summed E-state index contributed by atoms with van der Waals surface area (Å²) in [5.41, 5.74) is 5.87. The molecule has 0 amide bonds. The van der Waals surface area contributed by atoms with Crippen LogP contribution in [0.5, 0.6) is 0 Å². The van der Waals surface area contributed by atoms with Gasteiger partial charge in [0, 0.05) is 0 Å². The zero-order valence-electron chi connectivity index (χ0n) is 19.5. The van der Waals surface area contributed by atoms with Crippen LogP contribution < -0.4 is 0 Å². The van der Waals surface area contributed by atoms with E-state index in [1.807, 2.05) is 0 Å². The van der Waals surface area contributed by atoms with Gasteiger partial charge in [0.15, 0.2) is 0 Å². The van der Waals surface area contributed by atoms with Gasteiger partial charge in [0.2, 0.25) is 0 Å². The zero-order valence-corrected chi connectivity index (χ0v) is 25.5. The third-order valence-corrected chi connectivity index (χ3v) is 12.2. The van der Waals surface area contributed by atoms with E-state index >= 15 is 0 Å². The molecule has 0 atom stereocenters. The fourth-order valence-electron chi connectivity index (χ4n) is 2.70. The molecule has 31 heavy (non-hydrogen) atoms. The van der Waals surface area contributed by atoms with E-state index in [0.29, 0.717) is 0 Å². The van der Waals surface area contributed by atoms with Crippen LogP contribution in [0.15, 0.2) is 60.7 Å². The third kappa shape index (κ3) is 10.5. The summed E-state index contributed by atoms with van der Waals surface area (Å²) in [6, 6.07) is 21.2. The number of hydrogen-bond donors (Lipinski definition) is 0. The quantitative estimate of drug-likeness (QED) is 0.219. The normalized spacial score (nSPS) is 10.6. The molecule has 0 aliphatic rings. The number of aryl methyl sites for hydroxylation is 6. The first kappa shape index (κ1) is 28.8. The maximum atomic E-state index is 2.21. The maximum Gasteiger partial charge on any atom is 2.00 e. The van der Waals surface area contributed by atoms with Crippen molar-refractivity contribution in [2.75, 3.05) is 0 Å². The molecule has 0 aliphatic heterocycles. The Kier molecular flexibility index (Phi) is 14.4. The molecular weight excluding hydrogens is 527 g/mol. The van der Waals surface area contributed by atoms with Gasteiger partial charge in [-0.05, 0) is 24.0 Å². The Morgan fingerprint density at radius 1 is 0.581 bits per heavy atom. The molecule has 0 saturated heterocycles. The van der Waals surface area contributed by atoms with Crippen LogP contribution in [0.3, 0.4) is 0 Å². The predicted molar refractivity (Wildman–Crippen MR) is 143 cm³/mol. The Bertz CT molecular complexity index is 882. The first-order valence-corrected chi connectivity index (χ1v) is 15.3. The van der Waals surface area contributed by atoms with Crippen molar-refractivity contribution < 1.29 is 26.2 Å². The van der Waals surface area contributed by atoms with Crippen molar-refractivity contribution in [2.45, 2.75) is 54.4 Å². The molecule has 5 heteroatoms. The largest absolute Gasteiger partial charge is 2.00 e. The van der Waals surface area contributed by atoms with Crippen LogP contribution >= 0.6 is 31.5 Å². The van der Waals surface area contributed by atoms with E-state index in [-0.39, 0.29) is 26.2 Å². The summed E-state index contributed by atoms with van der Waals surface area (Å²) in [5, 5.41) is 6.18. The number of rotatable bonds is 3. The third-order valence-electron chi connectivity index (χ3n) is 5.26. The first-order valence-electron chi connectivity index (χ1n) is 10.3. The zero-order chi connectivity index (χ0) is 21.9. The molecule has 2 aromatic heterocycles. The van der Waals surface area contributed by atoms with E-state index in [4.69, 9.17) is 0 Å². The van der Waals surface area contributed by atoms with E-state index in [9.17, 15) is 0 Å². The summed E-state index contributed by atoms with van der Waals surface area (Å²) in [4.78, 5) is 0. The maximum absolute atomic E-state index is 2.21. The molecule has 0 bridgehead atoms. The summed E-state index contributed by atoms with van der Waals surface area (Å²) in [6.07, 6.45) is 2.26. The van der Waals surface area contributed by atoms with Gasteiger partial charge in [-0.3, -0.25) is 0 Å². The van der Waals surface area contributed by atoms with Gasteiger partial charge in [0.25, 0.3) is 0 Å². The molecule has 160 valence electrons. The number of hydrogen-bond acceptors (Lipinski definition) is 0. The molecule has 0 saturated carbocycles. The molecule has 0 nitrogen and oxygen atoms in total. The van der Waals surface area contributed by atoms with Crippen LogP contribution in [0.2, 0.25) is 0 Å². The van der Waals surface area contributed by atoms with Crippen LogP contribution in [0.25, 0.3) is 0 Å². The standard InChI is InChI=1S/C14H14.2C6H9P2.Zr/c1-3-7-13(8-4-1)11-12-14-9-5-2-6-10-14;2*1-4-5(2)7-8-6(4)3;/h1-10H,11-12H2;2*1-3H3;/q;2*-1;+2. The Morgan fingerprint density at radius 2 is 0.903 bits per heavy atom. The van der Waals surface area contributed by atoms with E-state index in [2.05, 4.69) is 102 Å². The molecule has 0 radical (unpaired) electrons. The monoisotopic (exact) mass is 558 g/mol. The topological polar surface area (TPSA) is 0 Å². The second-order valence-electron chi connectivity index (χ2n) is 7.46. The molecule has 0 N–H and O–H groups in total. The molecule has 0 spiro atoms. The van der Waals surface area contributed by atoms with Crippen LogP contribution in [-0.2, 0) is 39.0 Å². The van der Waals surface area contributed by atoms with Gasteiger partial charge in [-0.2, -0.15) is 63.8 Å². The minimum absolute atomic E-state index is 0. The molecular formula is C26H32P4Zr. The molecule has 0 aliphatic carbocycles. The van der Waals surface area contributed by atoms with Crippen molar-refractivity contribution in [1.82, 2.24) is 0 Å². The van der Waals surface area contributed by atoms with Crippen molar-refractivity contribution in [2.24, 2.45) is 0 Å². The van der Waals surface area contributed by atoms with Crippen LogP contribution in [-0.4, -0.2) is 0 Å². The average Bonchev–Trinajstić information content (AvgIpc) is 3.24. The van der Waals surface area contributed by atoms with E-state index < -0.39 is 0 Å². The SMILES string of the molecule is Cc1pp[c-](C)c1C.Cc1pp[c-](C)c1C.[Zr+2].c1ccc(CCc2ccccc2)cc1. The van der Waals surface area contributed by atoms with Crippen LogP contribution in [0, 0.1) is 41.5 Å². The van der Waals surface area contributed by atoms with Gasteiger partial charge in [0.05, 0.1) is 0 Å². The molecule has 0 fully saturated rings. The van der Waals surface area contributed by atoms with Crippen molar-refractivity contribution in [3.63, 3.8) is 0 Å². The van der Waals surface area contributed by atoms with Gasteiger partial charge in [0.1, 0.15) is 0 Å². The van der Waals surface area contributed by atoms with E-state index in [1.54, 1.807) is 21.2 Å². The second kappa shape index (κ2) is 15.6. The Labute approximate surface area is 215 Å². The number of benzene rings is 2. The Balaban J connectivity index is 0.000000245. The first-order chi connectivity index (χ1) is 14.4. The van der Waals surface area contributed by atoms with E-state index in [0.717, 1.165) is 12.8 Å². The molecule has 4 rings (SSSR count). The van der Waals surface area contributed by atoms with Gasteiger partial charge in [-0.15, -0.1) is 27.7 Å². The van der Waals surface area contributed by atoms with Crippen LogP contribution in [0.1, 0.15) is 43.4 Å². The van der Waals surface area contributed by atoms with Crippen LogP contribution in [0.4, 0.5) is 0 Å². The van der Waals surface area contributed by atoms with Crippen molar-refractivity contribution in [3.8, 4) is 0 Å². The minimum Gasteiger partial charge on any atom is -0.197 e. The van der Waals surface area contributed by atoms with Crippen molar-refractivity contribution in [1.29, 1.82) is 0 Å². The molecule has 2 aromatic carbocycles. The fraction of sp³-hybridized carbons (Fsp3) is 0.308. The van der Waals surface area contributed by atoms with E-state index in [1.165, 1.54) is 53.7 Å². The molecule has 2 heterocycles. The van der Waals surface area contributed by atoms with Gasteiger partial charge in [-0.1, -0.05) is 74.5 Å². The van der Waals surface area contributed by atoms with Gasteiger partial charge >= 0.3 is 26.2 Å². The minimum atomic E-state index is 0. The summed E-state index contributed by atoms with van der Waals surface area (Å²) < 4.78 is 0. The summed E-state index contributed by atoms with van der Waals surface area (Å²) in [6.45, 7) is 13.2. The van der Waals surface area contributed by atoms with Crippen molar-refractivity contribution >= 4 is 31.5 Å². The van der Waals surface area contributed by atoms with Gasteiger partial charge < -0.3 is 0 Å². The molecule has 4 aromatic rings. The fourth-order valence-corrected chi connectivity index (χ4v) is 8.35. The summed E-state index contributed by atoms with van der Waals surface area (Å²) in [7, 11) is 5.97. The average molecular weight is 560 g/mol. The Morgan fingerprint density at radius 3 is 1.10 bits per heavy atom. The predicted octanol–water partition coefficient (Wildman–Crippen LogP) is 10.5. The molecule has 0 unspecified atom stereocenters.